The van der Waals surface area contributed by atoms with E-state index in [0.717, 1.165) is 62.0 Å². The van der Waals surface area contributed by atoms with Crippen LogP contribution in [-0.4, -0.2) is 69.0 Å². The monoisotopic (exact) mass is 500 g/mol. The number of likely N-dealkylation sites (N-methyl/N-ethyl adjacent to an activating group) is 1. The Bertz CT molecular complexity index is 1370. The zero-order valence-electron chi connectivity index (χ0n) is 21.1. The summed E-state index contributed by atoms with van der Waals surface area (Å²) in [6.07, 6.45) is 9.69. The number of aromatic nitrogens is 4. The van der Waals surface area contributed by atoms with E-state index < -0.39 is 0 Å². The van der Waals surface area contributed by atoms with Gasteiger partial charge in [0.2, 0.25) is 11.9 Å². The lowest BCUT2D eigenvalue weighted by Crippen LogP contribution is -2.48. The van der Waals surface area contributed by atoms with Gasteiger partial charge in [-0.25, -0.2) is 9.97 Å². The maximum atomic E-state index is 13.2. The van der Waals surface area contributed by atoms with Crippen molar-refractivity contribution >= 4 is 40.3 Å². The maximum Gasteiger partial charge on any atom is 0.270 e. The number of nitrogens with zero attached hydrogens (tertiary/aromatic N) is 6. The highest BCUT2D eigenvalue weighted by Crippen LogP contribution is 2.39. The third kappa shape index (κ3) is 3.77. The maximum absolute atomic E-state index is 13.2. The molecule has 0 radical (unpaired) electrons. The van der Waals surface area contributed by atoms with E-state index in [4.69, 9.17) is 4.98 Å². The van der Waals surface area contributed by atoms with Crippen LogP contribution < -0.4 is 15.5 Å². The molecule has 0 aromatic carbocycles. The number of amides is 2. The summed E-state index contributed by atoms with van der Waals surface area (Å²) in [7, 11) is 1.93. The minimum absolute atomic E-state index is 0.0554. The van der Waals surface area contributed by atoms with Crippen LogP contribution in [0.2, 0.25) is 0 Å². The number of carbonyl (C=O) groups is 2. The summed E-state index contributed by atoms with van der Waals surface area (Å²) in [5, 5.41) is 7.50. The van der Waals surface area contributed by atoms with Crippen LogP contribution in [-0.2, 0) is 4.79 Å². The molecule has 192 valence electrons. The normalized spacial score (nSPS) is 27.6. The van der Waals surface area contributed by atoms with Gasteiger partial charge in [-0.3, -0.25) is 9.59 Å². The average Bonchev–Trinajstić information content (AvgIpc) is 3.43. The molecule has 2 amide bonds. The first kappa shape index (κ1) is 22.7. The summed E-state index contributed by atoms with van der Waals surface area (Å²) < 4.78 is 2.16. The smallest absolute Gasteiger partial charge is 0.270 e. The molecule has 37 heavy (non-hydrogen) atoms. The van der Waals surface area contributed by atoms with E-state index in [1.165, 1.54) is 6.42 Å². The second-order valence-corrected chi connectivity index (χ2v) is 11.0. The SMILES string of the molecule is CN1C(=O)c2cc3cnc(Nc4ccc(N5CC6CNCC6CC5=O)cn4)nc3n2C2CCCCCC21. The molecule has 6 heterocycles. The number of piperidine rings is 1. The first-order chi connectivity index (χ1) is 18.1. The summed E-state index contributed by atoms with van der Waals surface area (Å²) in [5.41, 5.74) is 2.31. The van der Waals surface area contributed by atoms with Crippen LogP contribution >= 0.6 is 0 Å². The molecule has 3 aliphatic heterocycles. The van der Waals surface area contributed by atoms with Gasteiger partial charge in [0.1, 0.15) is 17.2 Å². The predicted molar refractivity (Wildman–Crippen MR) is 140 cm³/mol. The Morgan fingerprint density at radius 1 is 1.00 bits per heavy atom. The summed E-state index contributed by atoms with van der Waals surface area (Å²) in [5.74, 6) is 2.23. The molecule has 7 rings (SSSR count). The van der Waals surface area contributed by atoms with Gasteiger partial charge in [0, 0.05) is 31.6 Å². The Kier molecular flexibility index (Phi) is 5.38. The van der Waals surface area contributed by atoms with Crippen molar-refractivity contribution in [2.45, 2.75) is 50.6 Å². The minimum Gasteiger partial charge on any atom is -0.335 e. The Morgan fingerprint density at radius 3 is 2.68 bits per heavy atom. The largest absolute Gasteiger partial charge is 0.335 e. The zero-order chi connectivity index (χ0) is 25.1. The number of carbonyl (C=O) groups excluding carboxylic acids is 2. The van der Waals surface area contributed by atoms with Crippen LogP contribution in [0, 0.1) is 11.8 Å². The van der Waals surface area contributed by atoms with Gasteiger partial charge in [0.25, 0.3) is 5.91 Å². The van der Waals surface area contributed by atoms with Gasteiger partial charge in [-0.2, -0.15) is 4.98 Å². The molecule has 4 unspecified atom stereocenters. The van der Waals surface area contributed by atoms with Crippen molar-refractivity contribution in [1.82, 2.24) is 29.7 Å². The minimum atomic E-state index is 0.0554. The summed E-state index contributed by atoms with van der Waals surface area (Å²) in [6, 6.07) is 6.15. The molecule has 1 saturated carbocycles. The second-order valence-electron chi connectivity index (χ2n) is 11.0. The van der Waals surface area contributed by atoms with Crippen LogP contribution in [0.25, 0.3) is 11.0 Å². The topological polar surface area (TPSA) is 108 Å². The second kappa shape index (κ2) is 8.79. The van der Waals surface area contributed by atoms with Crippen LogP contribution in [0.5, 0.6) is 0 Å². The number of nitrogens with one attached hydrogen (secondary N) is 2. The van der Waals surface area contributed by atoms with Gasteiger partial charge < -0.3 is 25.0 Å². The van der Waals surface area contributed by atoms with Crippen molar-refractivity contribution in [2.24, 2.45) is 11.8 Å². The van der Waals surface area contributed by atoms with Crippen molar-refractivity contribution in [3.05, 3.63) is 36.3 Å². The van der Waals surface area contributed by atoms with E-state index in [1.54, 1.807) is 12.4 Å². The summed E-state index contributed by atoms with van der Waals surface area (Å²) in [4.78, 5) is 43.6. The number of fused-ring (bicyclic) bond motifs is 6. The fraction of sp³-hybridized carbons (Fsp3) is 0.519. The first-order valence-corrected chi connectivity index (χ1v) is 13.5. The van der Waals surface area contributed by atoms with Gasteiger partial charge in [-0.15, -0.1) is 0 Å². The lowest BCUT2D eigenvalue weighted by molar-refractivity contribution is -0.121. The van der Waals surface area contributed by atoms with Gasteiger partial charge in [-0.05, 0) is 56.0 Å². The zero-order valence-corrected chi connectivity index (χ0v) is 21.1. The molecule has 4 aliphatic rings. The van der Waals surface area contributed by atoms with Gasteiger partial charge >= 0.3 is 0 Å². The van der Waals surface area contributed by atoms with Crippen molar-refractivity contribution in [3.8, 4) is 0 Å². The Morgan fingerprint density at radius 2 is 1.84 bits per heavy atom. The lowest BCUT2D eigenvalue weighted by atomic mass is 9.88. The molecular formula is C27H32N8O2. The highest BCUT2D eigenvalue weighted by Gasteiger charge is 2.40. The number of rotatable bonds is 3. The molecule has 3 aromatic heterocycles. The Labute approximate surface area is 215 Å². The summed E-state index contributed by atoms with van der Waals surface area (Å²) >= 11 is 0. The van der Waals surface area contributed by atoms with E-state index in [2.05, 4.69) is 25.2 Å². The van der Waals surface area contributed by atoms with E-state index in [0.29, 0.717) is 35.7 Å². The number of hydrogen-bond acceptors (Lipinski definition) is 7. The van der Waals surface area contributed by atoms with Gasteiger partial charge in [0.05, 0.1) is 24.0 Å². The van der Waals surface area contributed by atoms with Crippen LogP contribution in [0.15, 0.2) is 30.6 Å². The van der Waals surface area contributed by atoms with Crippen LogP contribution in [0.1, 0.15) is 55.1 Å². The third-order valence-electron chi connectivity index (χ3n) is 8.82. The van der Waals surface area contributed by atoms with Crippen molar-refractivity contribution in [1.29, 1.82) is 0 Å². The average molecular weight is 501 g/mol. The number of anilines is 3. The molecule has 3 aromatic rings. The van der Waals surface area contributed by atoms with Gasteiger partial charge in [-0.1, -0.05) is 19.3 Å². The third-order valence-corrected chi connectivity index (χ3v) is 8.82. The number of pyridine rings is 1. The Balaban J connectivity index is 1.15. The van der Waals surface area contributed by atoms with Crippen LogP contribution in [0.4, 0.5) is 17.5 Å². The molecule has 0 bridgehead atoms. The van der Waals surface area contributed by atoms with E-state index in [1.807, 2.05) is 35.0 Å². The fourth-order valence-electron chi connectivity index (χ4n) is 6.82. The summed E-state index contributed by atoms with van der Waals surface area (Å²) in [6.45, 7) is 2.64. The molecule has 10 heteroatoms. The standard InChI is InChI=1S/C27H32N8O2/c1-33-20-5-3-2-4-6-21(20)35-22(26(33)37)9-17-13-30-27(32-25(17)35)31-23-8-7-19(14-29-23)34-15-18-12-28-11-16(18)10-24(34)36/h7-9,13-14,16,18,20-21,28H,2-6,10-12,15H2,1H3,(H,29,30,31,32). The molecule has 2 N–H and O–H groups in total. The molecule has 1 aliphatic carbocycles. The van der Waals surface area contributed by atoms with E-state index >= 15 is 0 Å². The molecule has 3 fully saturated rings. The van der Waals surface area contributed by atoms with Crippen molar-refractivity contribution < 1.29 is 9.59 Å². The van der Waals surface area contributed by atoms with E-state index in [9.17, 15) is 9.59 Å². The molecule has 0 spiro atoms. The van der Waals surface area contributed by atoms with E-state index in [-0.39, 0.29) is 23.9 Å². The predicted octanol–water partition coefficient (Wildman–Crippen LogP) is 3.10. The molecular weight excluding hydrogens is 468 g/mol. The number of hydrogen-bond donors (Lipinski definition) is 2. The van der Waals surface area contributed by atoms with Crippen molar-refractivity contribution in [3.63, 3.8) is 0 Å². The quantitative estimate of drug-likeness (QED) is 0.569. The highest BCUT2D eigenvalue weighted by atomic mass is 16.2. The van der Waals surface area contributed by atoms with Gasteiger partial charge in [0.15, 0.2) is 0 Å². The lowest BCUT2D eigenvalue weighted by Gasteiger charge is -2.40. The highest BCUT2D eigenvalue weighted by molar-refractivity contribution is 5.99. The van der Waals surface area contributed by atoms with Crippen molar-refractivity contribution in [2.75, 3.05) is 36.9 Å². The fourth-order valence-corrected chi connectivity index (χ4v) is 6.82. The molecule has 2 saturated heterocycles. The molecule has 4 atom stereocenters. The Hall–Kier alpha value is -3.53. The van der Waals surface area contributed by atoms with Crippen LogP contribution in [0.3, 0.4) is 0 Å². The molecule has 10 nitrogen and oxygen atoms in total. The first-order valence-electron chi connectivity index (χ1n) is 13.5.